The van der Waals surface area contributed by atoms with E-state index in [9.17, 15) is 5.11 Å². The minimum Gasteiger partial charge on any atom is -0.487 e. The van der Waals surface area contributed by atoms with Crippen molar-refractivity contribution in [3.63, 3.8) is 0 Å². The van der Waals surface area contributed by atoms with Crippen molar-refractivity contribution in [2.24, 2.45) is 0 Å². The Kier molecular flexibility index (Phi) is 2.42. The minimum atomic E-state index is -0.550. The molecule has 0 aromatic heterocycles. The summed E-state index contributed by atoms with van der Waals surface area (Å²) in [5.41, 5.74) is 0. The van der Waals surface area contributed by atoms with Crippen LogP contribution in [0.2, 0.25) is 0 Å². The standard InChI is InChI=1S/C9H9BrO3/c10-6-1-2-8-9(3-6)13-5-7(11)4-12-8/h1-3,7,11H,4-5H2/t7-/m0/s1. The zero-order valence-corrected chi connectivity index (χ0v) is 8.45. The van der Waals surface area contributed by atoms with Gasteiger partial charge in [0.15, 0.2) is 11.5 Å². The van der Waals surface area contributed by atoms with E-state index in [-0.39, 0.29) is 13.2 Å². The first kappa shape index (κ1) is 8.84. The van der Waals surface area contributed by atoms with Crippen LogP contribution >= 0.6 is 15.9 Å². The molecule has 1 heterocycles. The second-order valence-electron chi connectivity index (χ2n) is 2.87. The molecule has 0 radical (unpaired) electrons. The third-order valence-corrected chi connectivity index (χ3v) is 2.26. The Hall–Kier alpha value is -0.740. The van der Waals surface area contributed by atoms with Crippen molar-refractivity contribution in [1.82, 2.24) is 0 Å². The van der Waals surface area contributed by atoms with Crippen LogP contribution in [0.5, 0.6) is 11.5 Å². The zero-order valence-electron chi connectivity index (χ0n) is 6.87. The number of fused-ring (bicyclic) bond motifs is 1. The molecule has 13 heavy (non-hydrogen) atoms. The lowest BCUT2D eigenvalue weighted by atomic mass is 10.3. The van der Waals surface area contributed by atoms with Gasteiger partial charge in [-0.05, 0) is 18.2 Å². The van der Waals surface area contributed by atoms with Gasteiger partial charge in [-0.1, -0.05) is 15.9 Å². The van der Waals surface area contributed by atoms with Crippen LogP contribution in [0.25, 0.3) is 0 Å². The van der Waals surface area contributed by atoms with Crippen LogP contribution in [0, 0.1) is 0 Å². The summed E-state index contributed by atoms with van der Waals surface area (Å²) in [5, 5.41) is 9.27. The lowest BCUT2D eigenvalue weighted by Crippen LogP contribution is -2.21. The fraction of sp³-hybridized carbons (Fsp3) is 0.333. The summed E-state index contributed by atoms with van der Waals surface area (Å²) in [6.07, 6.45) is -0.550. The molecule has 2 rings (SSSR count). The molecule has 3 nitrogen and oxygen atoms in total. The predicted molar refractivity (Wildman–Crippen MR) is 51.1 cm³/mol. The third-order valence-electron chi connectivity index (χ3n) is 1.77. The molecule has 1 aromatic carbocycles. The monoisotopic (exact) mass is 244 g/mol. The van der Waals surface area contributed by atoms with Crippen molar-refractivity contribution in [2.45, 2.75) is 6.10 Å². The lowest BCUT2D eigenvalue weighted by Gasteiger charge is -2.05. The van der Waals surface area contributed by atoms with Crippen LogP contribution in [0.3, 0.4) is 0 Å². The fourth-order valence-electron chi connectivity index (χ4n) is 1.13. The molecule has 0 saturated heterocycles. The van der Waals surface area contributed by atoms with Gasteiger partial charge in [0.1, 0.15) is 19.3 Å². The summed E-state index contributed by atoms with van der Waals surface area (Å²) >= 11 is 3.33. The fourth-order valence-corrected chi connectivity index (χ4v) is 1.47. The maximum absolute atomic E-state index is 9.27. The number of ether oxygens (including phenoxy) is 2. The molecule has 1 aromatic rings. The molecule has 70 valence electrons. The molecular formula is C9H9BrO3. The molecule has 0 fully saturated rings. The predicted octanol–water partition coefficient (Wildman–Crippen LogP) is 1.58. The first-order valence-electron chi connectivity index (χ1n) is 3.99. The molecular weight excluding hydrogens is 236 g/mol. The number of rotatable bonds is 0. The molecule has 0 saturated carbocycles. The zero-order chi connectivity index (χ0) is 9.26. The van der Waals surface area contributed by atoms with Crippen molar-refractivity contribution >= 4 is 15.9 Å². The molecule has 0 aliphatic carbocycles. The average molecular weight is 245 g/mol. The summed E-state index contributed by atoms with van der Waals surface area (Å²) < 4.78 is 11.6. The summed E-state index contributed by atoms with van der Waals surface area (Å²) in [6, 6.07) is 5.52. The van der Waals surface area contributed by atoms with Gasteiger partial charge in [0.25, 0.3) is 0 Å². The Balaban J connectivity index is 2.30. The second kappa shape index (κ2) is 3.55. The normalized spacial score (nSPS) is 20.9. The number of benzene rings is 1. The van der Waals surface area contributed by atoms with E-state index in [1.165, 1.54) is 0 Å². The topological polar surface area (TPSA) is 38.7 Å². The van der Waals surface area contributed by atoms with Gasteiger partial charge in [-0.2, -0.15) is 0 Å². The number of aliphatic hydroxyl groups is 1. The van der Waals surface area contributed by atoms with Crippen molar-refractivity contribution in [1.29, 1.82) is 0 Å². The lowest BCUT2D eigenvalue weighted by molar-refractivity contribution is 0.0802. The van der Waals surface area contributed by atoms with Crippen LogP contribution in [0.1, 0.15) is 0 Å². The summed E-state index contributed by atoms with van der Waals surface area (Å²) in [4.78, 5) is 0. The maximum Gasteiger partial charge on any atom is 0.162 e. The van der Waals surface area contributed by atoms with E-state index < -0.39 is 6.10 Å². The first-order valence-corrected chi connectivity index (χ1v) is 4.78. The Morgan fingerprint density at radius 3 is 2.69 bits per heavy atom. The van der Waals surface area contributed by atoms with E-state index in [1.54, 1.807) is 0 Å². The number of halogens is 1. The van der Waals surface area contributed by atoms with Crippen LogP contribution in [0.15, 0.2) is 22.7 Å². The Morgan fingerprint density at radius 1 is 1.23 bits per heavy atom. The summed E-state index contributed by atoms with van der Waals surface area (Å²) in [5.74, 6) is 1.35. The van der Waals surface area contributed by atoms with Crippen molar-refractivity contribution in [2.75, 3.05) is 13.2 Å². The Labute approximate surface area is 84.4 Å². The highest BCUT2D eigenvalue weighted by Gasteiger charge is 2.15. The molecule has 1 aliphatic rings. The molecule has 0 unspecified atom stereocenters. The first-order chi connectivity index (χ1) is 6.25. The SMILES string of the molecule is O[C@H]1COc2ccc(Br)cc2OC1. The molecule has 0 bridgehead atoms. The number of hydrogen-bond acceptors (Lipinski definition) is 3. The smallest absolute Gasteiger partial charge is 0.162 e. The van der Waals surface area contributed by atoms with E-state index in [0.29, 0.717) is 11.5 Å². The highest BCUT2D eigenvalue weighted by Crippen LogP contribution is 2.32. The molecule has 0 amide bonds. The van der Waals surface area contributed by atoms with E-state index in [4.69, 9.17) is 9.47 Å². The van der Waals surface area contributed by atoms with Crippen LogP contribution in [-0.2, 0) is 0 Å². The largest absolute Gasteiger partial charge is 0.487 e. The van der Waals surface area contributed by atoms with E-state index in [2.05, 4.69) is 15.9 Å². The van der Waals surface area contributed by atoms with Gasteiger partial charge in [0.05, 0.1) is 0 Å². The molecule has 0 spiro atoms. The van der Waals surface area contributed by atoms with Crippen molar-refractivity contribution < 1.29 is 14.6 Å². The molecule has 1 aliphatic heterocycles. The Bertz CT molecular complexity index is 314. The third kappa shape index (κ3) is 1.95. The van der Waals surface area contributed by atoms with Gasteiger partial charge >= 0.3 is 0 Å². The van der Waals surface area contributed by atoms with Gasteiger partial charge < -0.3 is 14.6 Å². The van der Waals surface area contributed by atoms with Gasteiger partial charge in [0, 0.05) is 4.47 Å². The highest BCUT2D eigenvalue weighted by atomic mass is 79.9. The average Bonchev–Trinajstić information content (AvgIpc) is 2.29. The van der Waals surface area contributed by atoms with Crippen LogP contribution in [0.4, 0.5) is 0 Å². The molecule has 4 heteroatoms. The van der Waals surface area contributed by atoms with E-state index >= 15 is 0 Å². The summed E-state index contributed by atoms with van der Waals surface area (Å²) in [6.45, 7) is 0.568. The quantitative estimate of drug-likeness (QED) is 0.754. The second-order valence-corrected chi connectivity index (χ2v) is 3.78. The minimum absolute atomic E-state index is 0.281. The van der Waals surface area contributed by atoms with Crippen LogP contribution in [-0.4, -0.2) is 24.4 Å². The van der Waals surface area contributed by atoms with Crippen LogP contribution < -0.4 is 9.47 Å². The van der Waals surface area contributed by atoms with Gasteiger partial charge in [-0.3, -0.25) is 0 Å². The molecule has 1 atom stereocenters. The van der Waals surface area contributed by atoms with Gasteiger partial charge in [-0.25, -0.2) is 0 Å². The number of hydrogen-bond donors (Lipinski definition) is 1. The summed E-state index contributed by atoms with van der Waals surface area (Å²) in [7, 11) is 0. The molecule has 1 N–H and O–H groups in total. The highest BCUT2D eigenvalue weighted by molar-refractivity contribution is 9.10. The van der Waals surface area contributed by atoms with Gasteiger partial charge in [0.2, 0.25) is 0 Å². The van der Waals surface area contributed by atoms with E-state index in [1.807, 2.05) is 18.2 Å². The van der Waals surface area contributed by atoms with Crippen molar-refractivity contribution in [3.05, 3.63) is 22.7 Å². The maximum atomic E-state index is 9.27. The van der Waals surface area contributed by atoms with Crippen molar-refractivity contribution in [3.8, 4) is 11.5 Å². The number of aliphatic hydroxyl groups excluding tert-OH is 1. The van der Waals surface area contributed by atoms with Gasteiger partial charge in [-0.15, -0.1) is 0 Å². The Morgan fingerprint density at radius 2 is 1.92 bits per heavy atom. The van der Waals surface area contributed by atoms with E-state index in [0.717, 1.165) is 4.47 Å².